The third kappa shape index (κ3) is 2.44. The van der Waals surface area contributed by atoms with Crippen LogP contribution in [-0.4, -0.2) is 14.7 Å². The predicted octanol–water partition coefficient (Wildman–Crippen LogP) is 1.13. The van der Waals surface area contributed by atoms with Gasteiger partial charge in [-0.05, 0) is 24.3 Å². The van der Waals surface area contributed by atoms with E-state index in [9.17, 15) is 15.2 Å². The molecule has 104 valence electrons. The van der Waals surface area contributed by atoms with Gasteiger partial charge in [0, 0.05) is 17.2 Å². The number of hydrogen-bond acceptors (Lipinski definition) is 4. The van der Waals surface area contributed by atoms with Crippen molar-refractivity contribution < 1.29 is 14.6 Å². The van der Waals surface area contributed by atoms with E-state index in [1.54, 1.807) is 30.6 Å². The molecule has 0 fully saturated rings. The first-order valence-corrected chi connectivity index (χ1v) is 6.14. The lowest BCUT2D eigenvalue weighted by molar-refractivity contribution is -0.651. The van der Waals surface area contributed by atoms with E-state index < -0.39 is 10.9 Å². The predicted molar refractivity (Wildman–Crippen MR) is 71.2 cm³/mol. The van der Waals surface area contributed by atoms with Gasteiger partial charge in [0.05, 0.1) is 4.92 Å². The number of nitrogens with zero attached hydrogens (tertiary/aromatic N) is 4. The van der Waals surface area contributed by atoms with Crippen molar-refractivity contribution in [3.63, 3.8) is 0 Å². The van der Waals surface area contributed by atoms with Crippen molar-refractivity contribution in [3.8, 4) is 17.4 Å². The lowest BCUT2D eigenvalue weighted by Gasteiger charge is -1.99. The standard InChI is InChI=1S/C14H10N4O3/c19-14-15-17(10-16(14)11-4-2-1-3-5-11)12-6-8-13(9-7-12)18(20)21/h1-10H. The van der Waals surface area contributed by atoms with Crippen LogP contribution >= 0.6 is 0 Å². The monoisotopic (exact) mass is 282 g/mol. The number of benzene rings is 2. The van der Waals surface area contributed by atoms with E-state index in [-0.39, 0.29) is 5.69 Å². The molecule has 0 aliphatic rings. The third-order valence-electron chi connectivity index (χ3n) is 2.98. The minimum atomic E-state index is -0.476. The molecule has 0 amide bonds. The maximum Gasteiger partial charge on any atom is 0.269 e. The third-order valence-corrected chi connectivity index (χ3v) is 2.98. The van der Waals surface area contributed by atoms with Gasteiger partial charge in [0.1, 0.15) is 11.4 Å². The van der Waals surface area contributed by atoms with Crippen LogP contribution in [0.25, 0.3) is 11.4 Å². The summed E-state index contributed by atoms with van der Waals surface area (Å²) in [6, 6.07) is 14.5. The molecule has 1 heterocycles. The van der Waals surface area contributed by atoms with Crippen LogP contribution in [0.15, 0.2) is 60.9 Å². The first-order chi connectivity index (χ1) is 10.1. The molecule has 0 radical (unpaired) electrons. The Hall–Kier alpha value is -3.22. The van der Waals surface area contributed by atoms with E-state index >= 15 is 0 Å². The minimum absolute atomic E-state index is 0.0100. The SMILES string of the molecule is O=[N+]([O-])c1ccc(-n2c[n+](-c3ccccc3)c([O-])n2)cc1. The van der Waals surface area contributed by atoms with Gasteiger partial charge in [-0.15, -0.1) is 0 Å². The first-order valence-electron chi connectivity index (χ1n) is 6.14. The zero-order valence-corrected chi connectivity index (χ0v) is 10.8. The maximum absolute atomic E-state index is 11.9. The van der Waals surface area contributed by atoms with Gasteiger partial charge in [-0.25, -0.2) is 4.57 Å². The molecule has 0 spiro atoms. The molecule has 0 saturated heterocycles. The average Bonchev–Trinajstić information content (AvgIpc) is 2.90. The van der Waals surface area contributed by atoms with Gasteiger partial charge in [0.15, 0.2) is 0 Å². The van der Waals surface area contributed by atoms with Crippen molar-refractivity contribution in [3.05, 3.63) is 71.0 Å². The minimum Gasteiger partial charge on any atom is -0.817 e. The Morgan fingerprint density at radius 3 is 2.33 bits per heavy atom. The number of rotatable bonds is 3. The molecule has 0 N–H and O–H groups in total. The van der Waals surface area contributed by atoms with Crippen molar-refractivity contribution in [1.82, 2.24) is 9.78 Å². The fourth-order valence-electron chi connectivity index (χ4n) is 1.94. The van der Waals surface area contributed by atoms with Crippen LogP contribution < -0.4 is 9.67 Å². The summed E-state index contributed by atoms with van der Waals surface area (Å²) in [6.07, 6.45) is 1.54. The largest absolute Gasteiger partial charge is 0.817 e. The Kier molecular flexibility index (Phi) is 3.07. The number of nitro benzene ring substituents is 1. The smallest absolute Gasteiger partial charge is 0.269 e. The molecule has 3 aromatic rings. The van der Waals surface area contributed by atoms with E-state index in [2.05, 4.69) is 5.10 Å². The van der Waals surface area contributed by atoms with Crippen LogP contribution in [0.3, 0.4) is 0 Å². The normalized spacial score (nSPS) is 10.5. The van der Waals surface area contributed by atoms with Crippen LogP contribution in [0.4, 0.5) is 5.69 Å². The maximum atomic E-state index is 11.9. The Morgan fingerprint density at radius 1 is 1.05 bits per heavy atom. The fourth-order valence-corrected chi connectivity index (χ4v) is 1.94. The highest BCUT2D eigenvalue weighted by atomic mass is 16.6. The Balaban J connectivity index is 1.99. The zero-order chi connectivity index (χ0) is 14.8. The Morgan fingerprint density at radius 2 is 1.71 bits per heavy atom. The zero-order valence-electron chi connectivity index (χ0n) is 10.8. The van der Waals surface area contributed by atoms with Crippen molar-refractivity contribution in [2.75, 3.05) is 0 Å². The summed E-state index contributed by atoms with van der Waals surface area (Å²) < 4.78 is 2.79. The summed E-state index contributed by atoms with van der Waals surface area (Å²) >= 11 is 0. The van der Waals surface area contributed by atoms with Crippen molar-refractivity contribution >= 4 is 5.69 Å². The van der Waals surface area contributed by atoms with E-state index in [1.165, 1.54) is 21.4 Å². The van der Waals surface area contributed by atoms with Gasteiger partial charge in [-0.2, -0.15) is 0 Å². The Labute approximate surface area is 119 Å². The van der Waals surface area contributed by atoms with E-state index in [0.717, 1.165) is 0 Å². The Bertz CT molecular complexity index is 782. The van der Waals surface area contributed by atoms with Crippen LogP contribution in [-0.2, 0) is 0 Å². The van der Waals surface area contributed by atoms with Crippen molar-refractivity contribution in [1.29, 1.82) is 0 Å². The highest BCUT2D eigenvalue weighted by molar-refractivity contribution is 5.40. The van der Waals surface area contributed by atoms with Gasteiger partial charge in [0.25, 0.3) is 5.69 Å². The second-order valence-corrected chi connectivity index (χ2v) is 4.32. The molecule has 3 rings (SSSR count). The number of non-ortho nitro benzene ring substituents is 1. The molecule has 7 heteroatoms. The molecule has 0 atom stereocenters. The summed E-state index contributed by atoms with van der Waals surface area (Å²) in [5.74, 6) is 0. The molecule has 0 aliphatic carbocycles. The lowest BCUT2D eigenvalue weighted by atomic mass is 10.3. The quantitative estimate of drug-likeness (QED) is 0.409. The summed E-state index contributed by atoms with van der Waals surface area (Å²) in [7, 11) is 0. The number of hydrogen-bond donors (Lipinski definition) is 0. The summed E-state index contributed by atoms with van der Waals surface area (Å²) in [5, 5.41) is 26.4. The molecular formula is C14H10N4O3. The van der Waals surface area contributed by atoms with Gasteiger partial charge >= 0.3 is 0 Å². The highest BCUT2D eigenvalue weighted by Gasteiger charge is 2.14. The van der Waals surface area contributed by atoms with E-state index in [4.69, 9.17) is 0 Å². The molecule has 0 aliphatic heterocycles. The highest BCUT2D eigenvalue weighted by Crippen LogP contribution is 2.15. The second kappa shape index (κ2) is 5.04. The van der Waals surface area contributed by atoms with Gasteiger partial charge in [-0.3, -0.25) is 10.1 Å². The van der Waals surface area contributed by atoms with Crippen molar-refractivity contribution in [2.24, 2.45) is 0 Å². The molecule has 0 unspecified atom stereocenters. The molecule has 7 nitrogen and oxygen atoms in total. The molecular weight excluding hydrogens is 272 g/mol. The van der Waals surface area contributed by atoms with Crippen LogP contribution in [0.5, 0.6) is 6.01 Å². The van der Waals surface area contributed by atoms with Gasteiger partial charge in [-0.1, -0.05) is 22.9 Å². The molecule has 1 aromatic heterocycles. The van der Waals surface area contributed by atoms with Crippen LogP contribution in [0.1, 0.15) is 0 Å². The topological polar surface area (TPSA) is 87.9 Å². The molecule has 2 aromatic carbocycles. The molecule has 0 saturated carbocycles. The van der Waals surface area contributed by atoms with Crippen LogP contribution in [0, 0.1) is 10.1 Å². The number of para-hydroxylation sites is 1. The summed E-state index contributed by atoms with van der Waals surface area (Å²) in [4.78, 5) is 10.1. The first kappa shape index (κ1) is 12.8. The van der Waals surface area contributed by atoms with Crippen LogP contribution in [0.2, 0.25) is 0 Å². The second-order valence-electron chi connectivity index (χ2n) is 4.32. The summed E-state index contributed by atoms with van der Waals surface area (Å²) in [5.41, 5.74) is 1.27. The molecule has 21 heavy (non-hydrogen) atoms. The lowest BCUT2D eigenvalue weighted by Crippen LogP contribution is -2.32. The number of nitro groups is 1. The average molecular weight is 282 g/mol. The number of aromatic nitrogens is 3. The fraction of sp³-hybridized carbons (Fsp3) is 0. The van der Waals surface area contributed by atoms with E-state index in [1.807, 2.05) is 18.2 Å². The molecule has 0 bridgehead atoms. The van der Waals surface area contributed by atoms with Gasteiger partial charge in [0.2, 0.25) is 12.3 Å². The summed E-state index contributed by atoms with van der Waals surface area (Å²) in [6.45, 7) is 0. The van der Waals surface area contributed by atoms with Gasteiger partial charge < -0.3 is 5.11 Å². The van der Waals surface area contributed by atoms with Crippen molar-refractivity contribution in [2.45, 2.75) is 0 Å². The van der Waals surface area contributed by atoms with E-state index in [0.29, 0.717) is 11.4 Å².